The Hall–Kier alpha value is -0.260. The molecule has 1 aromatic rings. The number of thiocarbonyl (C=S) groups is 1. The first kappa shape index (κ1) is 16.8. The first-order valence-electron chi connectivity index (χ1n) is 5.76. The van der Waals surface area contributed by atoms with Gasteiger partial charge in [-0.3, -0.25) is 0 Å². The van der Waals surface area contributed by atoms with Crippen LogP contribution < -0.4 is 5.32 Å². The van der Waals surface area contributed by atoms with Crippen LogP contribution in [0, 0.1) is 0 Å². The molecule has 19 heavy (non-hydrogen) atoms. The molecule has 1 aromatic carbocycles. The van der Waals surface area contributed by atoms with Crippen LogP contribution in [0.25, 0.3) is 0 Å². The second-order valence-corrected chi connectivity index (χ2v) is 5.52. The lowest BCUT2D eigenvalue weighted by atomic mass is 10.3. The van der Waals surface area contributed by atoms with Gasteiger partial charge >= 0.3 is 0 Å². The van der Waals surface area contributed by atoms with E-state index in [0.29, 0.717) is 20.8 Å². The minimum Gasteiger partial charge on any atom is -0.346 e. The molecular formula is C12H16Cl3N3S. The lowest BCUT2D eigenvalue weighted by molar-refractivity contribution is 0.217. The number of likely N-dealkylation sites (N-methyl/N-ethyl adjacent to an activating group) is 1. The Labute approximate surface area is 135 Å². The van der Waals surface area contributed by atoms with E-state index in [4.69, 9.17) is 35.4 Å². The van der Waals surface area contributed by atoms with Crippen molar-refractivity contribution in [1.29, 1.82) is 0 Å². The van der Waals surface area contributed by atoms with Crippen LogP contribution in [0.15, 0.2) is 18.2 Å². The zero-order valence-electron chi connectivity index (χ0n) is 10.5. The zero-order valence-corrected chi connectivity index (χ0v) is 13.7. The molecule has 106 valence electrons. The van der Waals surface area contributed by atoms with Crippen LogP contribution in [0.2, 0.25) is 10.0 Å². The van der Waals surface area contributed by atoms with E-state index in [1.54, 1.807) is 12.1 Å². The van der Waals surface area contributed by atoms with Gasteiger partial charge in [-0.15, -0.1) is 12.4 Å². The second-order valence-electron chi connectivity index (χ2n) is 4.32. The van der Waals surface area contributed by atoms with E-state index in [2.05, 4.69) is 22.2 Å². The number of rotatable bonds is 1. The number of anilines is 1. The van der Waals surface area contributed by atoms with Crippen LogP contribution in [-0.2, 0) is 0 Å². The number of halogens is 3. The molecule has 1 aliphatic rings. The van der Waals surface area contributed by atoms with Crippen LogP contribution >= 0.6 is 47.8 Å². The van der Waals surface area contributed by atoms with Gasteiger partial charge in [0.15, 0.2) is 5.11 Å². The third-order valence-electron chi connectivity index (χ3n) is 2.99. The first-order chi connectivity index (χ1) is 8.58. The largest absolute Gasteiger partial charge is 0.346 e. The Morgan fingerprint density at radius 3 is 2.21 bits per heavy atom. The Balaban J connectivity index is 0.00000180. The van der Waals surface area contributed by atoms with Gasteiger partial charge in [-0.2, -0.15) is 0 Å². The summed E-state index contributed by atoms with van der Waals surface area (Å²) in [6, 6.07) is 5.40. The maximum Gasteiger partial charge on any atom is 0.173 e. The summed E-state index contributed by atoms with van der Waals surface area (Å²) in [5.74, 6) is 0. The van der Waals surface area contributed by atoms with E-state index < -0.39 is 0 Å². The number of hydrogen-bond acceptors (Lipinski definition) is 2. The number of piperazine rings is 1. The van der Waals surface area contributed by atoms with Gasteiger partial charge in [0.25, 0.3) is 0 Å². The number of para-hydroxylation sites is 1. The number of nitrogens with zero attached hydrogens (tertiary/aromatic N) is 2. The summed E-state index contributed by atoms with van der Waals surface area (Å²) in [5, 5.41) is 4.98. The van der Waals surface area contributed by atoms with Gasteiger partial charge in [-0.1, -0.05) is 29.3 Å². The molecule has 0 radical (unpaired) electrons. The SMILES string of the molecule is CN1CCN(C(=S)Nc2c(Cl)cccc2Cl)CC1.Cl. The average molecular weight is 341 g/mol. The molecule has 3 nitrogen and oxygen atoms in total. The average Bonchev–Trinajstić information content (AvgIpc) is 2.34. The zero-order chi connectivity index (χ0) is 13.1. The molecule has 1 N–H and O–H groups in total. The molecule has 0 bridgehead atoms. The Kier molecular flexibility index (Phi) is 6.63. The van der Waals surface area contributed by atoms with Crippen molar-refractivity contribution in [2.45, 2.75) is 0 Å². The molecule has 7 heteroatoms. The van der Waals surface area contributed by atoms with Crippen LogP contribution in [0.4, 0.5) is 5.69 Å². The second kappa shape index (κ2) is 7.50. The van der Waals surface area contributed by atoms with Crippen molar-refractivity contribution < 1.29 is 0 Å². The fourth-order valence-corrected chi connectivity index (χ4v) is 2.59. The van der Waals surface area contributed by atoms with Gasteiger partial charge in [0.05, 0.1) is 15.7 Å². The number of benzene rings is 1. The highest BCUT2D eigenvalue weighted by atomic mass is 35.5. The van der Waals surface area contributed by atoms with Gasteiger partial charge in [0.2, 0.25) is 0 Å². The van der Waals surface area contributed by atoms with Crippen LogP contribution in [-0.4, -0.2) is 48.1 Å². The monoisotopic (exact) mass is 339 g/mol. The highest BCUT2D eigenvalue weighted by Crippen LogP contribution is 2.30. The van der Waals surface area contributed by atoms with E-state index in [1.165, 1.54) is 0 Å². The first-order valence-corrected chi connectivity index (χ1v) is 6.93. The third kappa shape index (κ3) is 4.36. The summed E-state index contributed by atoms with van der Waals surface area (Å²) < 4.78 is 0. The summed E-state index contributed by atoms with van der Waals surface area (Å²) in [4.78, 5) is 4.41. The lowest BCUT2D eigenvalue weighted by Gasteiger charge is -2.34. The summed E-state index contributed by atoms with van der Waals surface area (Å²) in [7, 11) is 2.11. The molecular weight excluding hydrogens is 325 g/mol. The standard InChI is InChI=1S/C12H15Cl2N3S.ClH/c1-16-5-7-17(8-6-16)12(18)15-11-9(13)3-2-4-10(11)14;/h2-4H,5-8H2,1H3,(H,15,18);1H. The maximum absolute atomic E-state index is 6.10. The summed E-state index contributed by atoms with van der Waals surface area (Å²) in [6.45, 7) is 3.87. The van der Waals surface area contributed by atoms with E-state index in [9.17, 15) is 0 Å². The molecule has 0 saturated carbocycles. The van der Waals surface area contributed by atoms with Crippen LogP contribution in [0.5, 0.6) is 0 Å². The van der Waals surface area contributed by atoms with Crippen molar-refractivity contribution in [1.82, 2.24) is 9.80 Å². The van der Waals surface area contributed by atoms with Crippen molar-refractivity contribution in [3.8, 4) is 0 Å². The van der Waals surface area contributed by atoms with Gasteiger partial charge in [-0.05, 0) is 31.4 Å². The normalized spacial score (nSPS) is 15.8. The van der Waals surface area contributed by atoms with Crippen molar-refractivity contribution in [3.05, 3.63) is 28.2 Å². The topological polar surface area (TPSA) is 18.5 Å². The summed E-state index contributed by atoms with van der Waals surface area (Å²) >= 11 is 17.6. The maximum atomic E-state index is 6.10. The van der Waals surface area contributed by atoms with Gasteiger partial charge in [0.1, 0.15) is 0 Å². The van der Waals surface area contributed by atoms with Crippen molar-refractivity contribution in [3.63, 3.8) is 0 Å². The number of nitrogens with one attached hydrogen (secondary N) is 1. The van der Waals surface area contributed by atoms with Crippen molar-refractivity contribution in [2.75, 3.05) is 38.5 Å². The predicted molar refractivity (Wildman–Crippen MR) is 89.0 cm³/mol. The molecule has 0 aromatic heterocycles. The van der Waals surface area contributed by atoms with Crippen LogP contribution in [0.1, 0.15) is 0 Å². The molecule has 2 rings (SSSR count). The Bertz CT molecular complexity index is 428. The molecule has 1 saturated heterocycles. The van der Waals surface area contributed by atoms with E-state index in [0.717, 1.165) is 26.2 Å². The fourth-order valence-electron chi connectivity index (χ4n) is 1.81. The van der Waals surface area contributed by atoms with Gasteiger partial charge in [-0.25, -0.2) is 0 Å². The van der Waals surface area contributed by atoms with Crippen molar-refractivity contribution in [2.24, 2.45) is 0 Å². The Morgan fingerprint density at radius 1 is 1.16 bits per heavy atom. The summed E-state index contributed by atoms with van der Waals surface area (Å²) in [5.41, 5.74) is 0.685. The Morgan fingerprint density at radius 2 is 1.68 bits per heavy atom. The van der Waals surface area contributed by atoms with Crippen molar-refractivity contribution >= 4 is 58.6 Å². The molecule has 0 amide bonds. The third-order valence-corrected chi connectivity index (χ3v) is 3.98. The minimum absolute atomic E-state index is 0. The van der Waals surface area contributed by atoms with E-state index in [1.807, 2.05) is 6.07 Å². The van der Waals surface area contributed by atoms with E-state index >= 15 is 0 Å². The highest BCUT2D eigenvalue weighted by molar-refractivity contribution is 7.80. The molecule has 0 atom stereocenters. The molecule has 1 aliphatic heterocycles. The molecule has 0 spiro atoms. The smallest absolute Gasteiger partial charge is 0.173 e. The summed E-state index contributed by atoms with van der Waals surface area (Å²) in [6.07, 6.45) is 0. The molecule has 0 aliphatic carbocycles. The van der Waals surface area contributed by atoms with Gasteiger partial charge < -0.3 is 15.1 Å². The molecule has 1 heterocycles. The minimum atomic E-state index is 0. The number of hydrogen-bond donors (Lipinski definition) is 1. The fraction of sp³-hybridized carbons (Fsp3) is 0.417. The lowest BCUT2D eigenvalue weighted by Crippen LogP contribution is -2.48. The molecule has 1 fully saturated rings. The van der Waals surface area contributed by atoms with Gasteiger partial charge in [0, 0.05) is 26.2 Å². The highest BCUT2D eigenvalue weighted by Gasteiger charge is 2.17. The quantitative estimate of drug-likeness (QED) is 0.790. The predicted octanol–water partition coefficient (Wildman–Crippen LogP) is 3.36. The van der Waals surface area contributed by atoms with E-state index in [-0.39, 0.29) is 12.4 Å². The molecule has 0 unspecified atom stereocenters. The van der Waals surface area contributed by atoms with Crippen LogP contribution in [0.3, 0.4) is 0 Å².